The van der Waals surface area contributed by atoms with Gasteiger partial charge in [-0.15, -0.1) is 0 Å². The number of allylic oxidation sites excluding steroid dienone is 8. The minimum atomic E-state index is -0.177. The fourth-order valence-electron chi connectivity index (χ4n) is 5.64. The highest BCUT2D eigenvalue weighted by atomic mass is 16.6. The molecule has 0 aliphatic carbocycles. The molecule has 1 unspecified atom stereocenters. The predicted molar refractivity (Wildman–Crippen MR) is 212 cm³/mol. The van der Waals surface area contributed by atoms with E-state index in [4.69, 9.17) is 9.47 Å². The van der Waals surface area contributed by atoms with Gasteiger partial charge in [0.05, 0.1) is 13.0 Å². The molecule has 0 saturated carbocycles. The first-order valence-corrected chi connectivity index (χ1v) is 20.6. The Kier molecular flexibility index (Phi) is 37.0. The smallest absolute Gasteiger partial charge is 0.307 e. The number of hydrogen-bond acceptors (Lipinski definition) is 5. The Labute approximate surface area is 304 Å². The Morgan fingerprint density at radius 2 is 0.959 bits per heavy atom. The van der Waals surface area contributed by atoms with Crippen LogP contribution in [0.5, 0.6) is 0 Å². The third kappa shape index (κ3) is 38.5. The van der Waals surface area contributed by atoms with Gasteiger partial charge >= 0.3 is 11.9 Å². The van der Waals surface area contributed by atoms with E-state index in [1.165, 1.54) is 96.3 Å². The lowest BCUT2D eigenvalue weighted by Crippen LogP contribution is -2.24. The van der Waals surface area contributed by atoms with Crippen molar-refractivity contribution in [3.63, 3.8) is 0 Å². The number of carbonyl (C=O) groups is 2. The first-order valence-electron chi connectivity index (χ1n) is 20.6. The summed E-state index contributed by atoms with van der Waals surface area (Å²) in [7, 11) is 3.92. The Bertz CT molecular complexity index is 844. The lowest BCUT2D eigenvalue weighted by Gasteiger charge is -2.19. The summed E-state index contributed by atoms with van der Waals surface area (Å²) in [5, 5.41) is 0. The Hall–Kier alpha value is -2.14. The van der Waals surface area contributed by atoms with Crippen molar-refractivity contribution >= 4 is 11.9 Å². The average Bonchev–Trinajstić information content (AvgIpc) is 3.08. The van der Waals surface area contributed by atoms with Gasteiger partial charge in [-0.2, -0.15) is 0 Å². The molecule has 49 heavy (non-hydrogen) atoms. The molecule has 0 fully saturated rings. The molecule has 0 amide bonds. The molecule has 0 bridgehead atoms. The van der Waals surface area contributed by atoms with Crippen molar-refractivity contribution < 1.29 is 19.1 Å². The second kappa shape index (κ2) is 38.7. The van der Waals surface area contributed by atoms with Crippen LogP contribution < -0.4 is 0 Å². The molecule has 1 atom stereocenters. The van der Waals surface area contributed by atoms with Crippen LogP contribution in [0, 0.1) is 0 Å². The van der Waals surface area contributed by atoms with E-state index in [-0.39, 0.29) is 18.0 Å². The number of unbranched alkanes of at least 4 members (excludes halogenated alkanes) is 17. The van der Waals surface area contributed by atoms with Crippen LogP contribution >= 0.6 is 0 Å². The van der Waals surface area contributed by atoms with Crippen molar-refractivity contribution in [3.8, 4) is 0 Å². The van der Waals surface area contributed by atoms with E-state index in [1.807, 2.05) is 19.0 Å². The van der Waals surface area contributed by atoms with E-state index in [0.717, 1.165) is 57.8 Å². The van der Waals surface area contributed by atoms with E-state index in [0.29, 0.717) is 32.4 Å². The van der Waals surface area contributed by atoms with Crippen molar-refractivity contribution in [3.05, 3.63) is 48.6 Å². The summed E-state index contributed by atoms with van der Waals surface area (Å²) in [5.41, 5.74) is 0. The molecule has 0 aromatic rings. The van der Waals surface area contributed by atoms with Gasteiger partial charge in [0.15, 0.2) is 0 Å². The standard InChI is InChI=1S/C44H79NO4/c1-5-7-9-11-13-15-17-19-21-23-24-26-28-30-32-34-36-42(49-44(47)38-40-45(3)4)39-41-48-43(46)37-35-33-31-29-27-25-22-20-18-16-14-12-10-8-6-2/h13-16,19-22,42H,5-12,17-18,23-41H2,1-4H3/b15-13-,16-14+,21-19-,22-20+. The normalized spacial score (nSPS) is 12.8. The molecular weight excluding hydrogens is 606 g/mol. The quantitative estimate of drug-likeness (QED) is 0.0373. The summed E-state index contributed by atoms with van der Waals surface area (Å²) in [6.45, 7) is 5.50. The lowest BCUT2D eigenvalue weighted by atomic mass is 10.0. The van der Waals surface area contributed by atoms with Crippen LogP contribution in [-0.4, -0.2) is 50.2 Å². The van der Waals surface area contributed by atoms with Gasteiger partial charge < -0.3 is 14.4 Å². The molecule has 0 aromatic carbocycles. The third-order valence-corrected chi connectivity index (χ3v) is 8.82. The van der Waals surface area contributed by atoms with E-state index in [9.17, 15) is 9.59 Å². The topological polar surface area (TPSA) is 55.8 Å². The molecule has 0 rings (SSSR count). The maximum atomic E-state index is 12.4. The summed E-state index contributed by atoms with van der Waals surface area (Å²) in [5.74, 6) is -0.285. The molecule has 0 saturated heterocycles. The highest BCUT2D eigenvalue weighted by Crippen LogP contribution is 2.15. The van der Waals surface area contributed by atoms with Crippen LogP contribution in [0.4, 0.5) is 0 Å². The van der Waals surface area contributed by atoms with Crippen LogP contribution in [0.25, 0.3) is 0 Å². The Balaban J connectivity index is 4.03. The zero-order valence-electron chi connectivity index (χ0n) is 32.8. The van der Waals surface area contributed by atoms with Gasteiger partial charge in [0.2, 0.25) is 0 Å². The molecule has 0 radical (unpaired) electrons. The molecule has 5 heteroatoms. The predicted octanol–water partition coefficient (Wildman–Crippen LogP) is 12.8. The zero-order chi connectivity index (χ0) is 35.9. The molecule has 0 aromatic heterocycles. The summed E-state index contributed by atoms with van der Waals surface area (Å²) in [6.07, 6.45) is 47.9. The second-order valence-corrected chi connectivity index (χ2v) is 14.0. The summed E-state index contributed by atoms with van der Waals surface area (Å²) in [6, 6.07) is 0. The molecule has 0 aliphatic heterocycles. The van der Waals surface area contributed by atoms with Crippen molar-refractivity contribution in [2.24, 2.45) is 0 Å². The monoisotopic (exact) mass is 686 g/mol. The van der Waals surface area contributed by atoms with Crippen LogP contribution in [-0.2, 0) is 19.1 Å². The van der Waals surface area contributed by atoms with Gasteiger partial charge in [-0.05, 0) is 97.6 Å². The van der Waals surface area contributed by atoms with Crippen LogP contribution in [0.3, 0.4) is 0 Å². The highest BCUT2D eigenvalue weighted by Gasteiger charge is 2.16. The number of ether oxygens (including phenoxy) is 2. The lowest BCUT2D eigenvalue weighted by molar-refractivity contribution is -0.152. The average molecular weight is 686 g/mol. The van der Waals surface area contributed by atoms with E-state index < -0.39 is 0 Å². The number of hydrogen-bond donors (Lipinski definition) is 0. The van der Waals surface area contributed by atoms with Gasteiger partial charge in [0.25, 0.3) is 0 Å². The molecule has 0 heterocycles. The van der Waals surface area contributed by atoms with E-state index in [1.54, 1.807) is 0 Å². The highest BCUT2D eigenvalue weighted by molar-refractivity contribution is 5.70. The van der Waals surface area contributed by atoms with Crippen LogP contribution in [0.2, 0.25) is 0 Å². The Morgan fingerprint density at radius 3 is 1.45 bits per heavy atom. The molecule has 0 N–H and O–H groups in total. The maximum absolute atomic E-state index is 12.4. The fraction of sp³-hybridized carbons (Fsp3) is 0.773. The fourth-order valence-corrected chi connectivity index (χ4v) is 5.64. The van der Waals surface area contributed by atoms with E-state index >= 15 is 0 Å². The van der Waals surface area contributed by atoms with Crippen LogP contribution in [0.1, 0.15) is 187 Å². The largest absolute Gasteiger partial charge is 0.466 e. The van der Waals surface area contributed by atoms with Crippen LogP contribution in [0.15, 0.2) is 48.6 Å². The van der Waals surface area contributed by atoms with Gasteiger partial charge in [-0.1, -0.05) is 133 Å². The van der Waals surface area contributed by atoms with Crippen molar-refractivity contribution in [2.45, 2.75) is 193 Å². The molecular formula is C44H79NO4. The number of rotatable bonds is 36. The van der Waals surface area contributed by atoms with Crippen molar-refractivity contribution in [2.75, 3.05) is 27.2 Å². The first kappa shape index (κ1) is 46.9. The molecule has 5 nitrogen and oxygen atoms in total. The van der Waals surface area contributed by atoms with Gasteiger partial charge in [0.1, 0.15) is 6.10 Å². The molecule has 0 aliphatic rings. The summed E-state index contributed by atoms with van der Waals surface area (Å²) >= 11 is 0. The maximum Gasteiger partial charge on any atom is 0.307 e. The van der Waals surface area contributed by atoms with Crippen molar-refractivity contribution in [1.82, 2.24) is 4.90 Å². The zero-order valence-corrected chi connectivity index (χ0v) is 32.8. The Morgan fingerprint density at radius 1 is 0.510 bits per heavy atom. The van der Waals surface area contributed by atoms with Gasteiger partial charge in [-0.25, -0.2) is 0 Å². The third-order valence-electron chi connectivity index (χ3n) is 8.82. The SMILES string of the molecule is CCCCC/C=C\C/C=C\CCCCCCCCC(CCOC(=O)CCCCCCC/C=C/C/C=C/CCCCC)OC(=O)CCN(C)C. The van der Waals surface area contributed by atoms with Crippen molar-refractivity contribution in [1.29, 1.82) is 0 Å². The molecule has 284 valence electrons. The first-order chi connectivity index (χ1) is 24.0. The minimum absolute atomic E-state index is 0.128. The number of nitrogens with zero attached hydrogens (tertiary/aromatic N) is 1. The van der Waals surface area contributed by atoms with Gasteiger partial charge in [-0.3, -0.25) is 9.59 Å². The van der Waals surface area contributed by atoms with E-state index in [2.05, 4.69) is 62.5 Å². The van der Waals surface area contributed by atoms with Gasteiger partial charge in [0, 0.05) is 19.4 Å². The number of carbonyl (C=O) groups excluding carboxylic acids is 2. The second-order valence-electron chi connectivity index (χ2n) is 14.0. The summed E-state index contributed by atoms with van der Waals surface area (Å²) < 4.78 is 11.4. The number of esters is 2. The minimum Gasteiger partial charge on any atom is -0.466 e. The molecule has 0 spiro atoms. The summed E-state index contributed by atoms with van der Waals surface area (Å²) in [4.78, 5) is 26.7.